The van der Waals surface area contributed by atoms with Crippen molar-refractivity contribution in [3.63, 3.8) is 0 Å². The molecule has 194 valence electrons. The van der Waals surface area contributed by atoms with Crippen LogP contribution in [-0.2, 0) is 27.1 Å². The highest BCUT2D eigenvalue weighted by Gasteiger charge is 2.37. The van der Waals surface area contributed by atoms with Gasteiger partial charge in [-0.1, -0.05) is 12.1 Å². The Morgan fingerprint density at radius 1 is 1.25 bits per heavy atom. The number of aliphatic carboxylic acids is 1. The topological polar surface area (TPSA) is 83.9 Å². The Labute approximate surface area is 212 Å². The van der Waals surface area contributed by atoms with Crippen LogP contribution in [0.2, 0.25) is 0 Å². The number of nitrogens with zero attached hydrogens (tertiary/aromatic N) is 2. The molecule has 0 aliphatic carbocycles. The van der Waals surface area contributed by atoms with Crippen molar-refractivity contribution in [3.8, 4) is 0 Å². The summed E-state index contributed by atoms with van der Waals surface area (Å²) in [6.45, 7) is 3.41. The fourth-order valence-corrected chi connectivity index (χ4v) is 5.68. The van der Waals surface area contributed by atoms with E-state index in [4.69, 9.17) is 14.5 Å². The maximum atomic E-state index is 14.2. The Kier molecular flexibility index (Phi) is 8.14. The number of anilines is 1. The summed E-state index contributed by atoms with van der Waals surface area (Å²) in [6.07, 6.45) is 7.44. The van der Waals surface area contributed by atoms with Crippen molar-refractivity contribution in [3.05, 3.63) is 58.5 Å². The Bertz CT molecular complexity index is 1060. The molecule has 0 amide bonds. The Morgan fingerprint density at radius 3 is 3.00 bits per heavy atom. The molecule has 7 nitrogen and oxygen atoms in total. The minimum atomic E-state index is -0.965. The van der Waals surface area contributed by atoms with Gasteiger partial charge >= 0.3 is 5.97 Å². The van der Waals surface area contributed by atoms with E-state index < -0.39 is 17.8 Å². The molecule has 3 aliphatic rings. The van der Waals surface area contributed by atoms with Crippen LogP contribution in [0.4, 0.5) is 10.2 Å². The highest BCUT2D eigenvalue weighted by atomic mass is 19.1. The van der Waals surface area contributed by atoms with E-state index in [0.29, 0.717) is 31.9 Å². The number of likely N-dealkylation sites (tertiary alicyclic amines) is 1. The summed E-state index contributed by atoms with van der Waals surface area (Å²) in [5.74, 6) is -0.350. The maximum absolute atomic E-state index is 14.2. The summed E-state index contributed by atoms with van der Waals surface area (Å²) in [4.78, 5) is 19.0. The number of hydrogen-bond donors (Lipinski definition) is 2. The van der Waals surface area contributed by atoms with Crippen molar-refractivity contribution < 1.29 is 23.8 Å². The Hall–Kier alpha value is -2.55. The number of nitrogens with one attached hydrogen (secondary N) is 1. The van der Waals surface area contributed by atoms with Crippen LogP contribution < -0.4 is 5.32 Å². The van der Waals surface area contributed by atoms with Gasteiger partial charge < -0.3 is 19.9 Å². The average Bonchev–Trinajstić information content (AvgIpc) is 3.57. The molecule has 5 rings (SSSR count). The van der Waals surface area contributed by atoms with Gasteiger partial charge in [-0.3, -0.25) is 9.69 Å². The Balaban J connectivity index is 1.12. The van der Waals surface area contributed by atoms with Gasteiger partial charge in [-0.05, 0) is 86.3 Å². The zero-order valence-corrected chi connectivity index (χ0v) is 20.8. The number of hydrogen-bond acceptors (Lipinski definition) is 6. The molecule has 2 saturated heterocycles. The number of fused-ring (bicyclic) bond motifs is 1. The number of pyridine rings is 1. The lowest BCUT2D eigenvalue weighted by Gasteiger charge is -2.28. The van der Waals surface area contributed by atoms with Crippen LogP contribution in [0.5, 0.6) is 0 Å². The first-order chi connectivity index (χ1) is 17.6. The van der Waals surface area contributed by atoms with Gasteiger partial charge in [0.05, 0.1) is 12.2 Å². The zero-order valence-electron chi connectivity index (χ0n) is 20.8. The maximum Gasteiger partial charge on any atom is 0.325 e. The summed E-state index contributed by atoms with van der Waals surface area (Å²) >= 11 is 0. The van der Waals surface area contributed by atoms with Crippen molar-refractivity contribution in [2.45, 2.75) is 69.6 Å². The predicted octanol–water partition coefficient (Wildman–Crippen LogP) is 4.67. The van der Waals surface area contributed by atoms with E-state index >= 15 is 0 Å². The number of carbonyl (C=O) groups is 1. The number of halogens is 1. The van der Waals surface area contributed by atoms with Crippen LogP contribution in [-0.4, -0.2) is 59.9 Å². The third kappa shape index (κ3) is 5.88. The third-order valence-electron chi connectivity index (χ3n) is 7.53. The number of benzene rings is 1. The van der Waals surface area contributed by atoms with E-state index in [1.54, 1.807) is 6.07 Å². The van der Waals surface area contributed by atoms with Crippen LogP contribution in [0.15, 0.2) is 30.3 Å². The molecule has 3 atom stereocenters. The monoisotopic (exact) mass is 497 g/mol. The van der Waals surface area contributed by atoms with Crippen molar-refractivity contribution >= 4 is 11.8 Å². The van der Waals surface area contributed by atoms with Gasteiger partial charge in [0.1, 0.15) is 17.7 Å². The number of ether oxygens (including phenoxy) is 2. The summed E-state index contributed by atoms with van der Waals surface area (Å²) in [5.41, 5.74) is 3.70. The molecule has 0 saturated carbocycles. The van der Waals surface area contributed by atoms with Gasteiger partial charge in [0.2, 0.25) is 0 Å². The first-order valence-electron chi connectivity index (χ1n) is 13.3. The molecule has 2 aromatic rings. The zero-order chi connectivity index (χ0) is 24.9. The second kappa shape index (κ2) is 11.7. The number of carboxylic acids is 1. The molecule has 0 spiro atoms. The van der Waals surface area contributed by atoms with Gasteiger partial charge in [0.15, 0.2) is 0 Å². The van der Waals surface area contributed by atoms with E-state index in [1.165, 1.54) is 17.7 Å². The second-order valence-electron chi connectivity index (χ2n) is 10.1. The molecule has 2 N–H and O–H groups in total. The van der Waals surface area contributed by atoms with E-state index in [9.17, 15) is 14.3 Å². The normalized spacial score (nSPS) is 22.8. The predicted molar refractivity (Wildman–Crippen MR) is 135 cm³/mol. The second-order valence-corrected chi connectivity index (χ2v) is 10.1. The highest BCUT2D eigenvalue weighted by Crippen LogP contribution is 2.37. The third-order valence-corrected chi connectivity index (χ3v) is 7.53. The average molecular weight is 498 g/mol. The smallest absolute Gasteiger partial charge is 0.325 e. The van der Waals surface area contributed by atoms with Crippen molar-refractivity contribution in [1.29, 1.82) is 0 Å². The SMILES string of the molecule is O=C(O)[C@@H](c1cc(F)ccc1C1CCCO1)N1CC[C@@H](OCCCCc2ccc3c(n2)NCCC3)C1. The molecule has 2 fully saturated rings. The molecule has 8 heteroatoms. The highest BCUT2D eigenvalue weighted by molar-refractivity contribution is 5.76. The van der Waals surface area contributed by atoms with E-state index in [0.717, 1.165) is 75.0 Å². The molecule has 4 heterocycles. The molecule has 0 bridgehead atoms. The van der Waals surface area contributed by atoms with Gasteiger partial charge in [-0.15, -0.1) is 0 Å². The van der Waals surface area contributed by atoms with Crippen LogP contribution >= 0.6 is 0 Å². The molecular formula is C28H36FN3O4. The van der Waals surface area contributed by atoms with Crippen LogP contribution in [0.1, 0.15) is 73.1 Å². The number of unbranched alkanes of at least 4 members (excludes halogenated alkanes) is 1. The first-order valence-corrected chi connectivity index (χ1v) is 13.3. The minimum absolute atomic E-state index is 0.0161. The standard InChI is InChI=1S/C28H36FN3O4/c29-20-9-11-23(25-7-4-16-36-25)24(17-20)26(28(33)34)32-14-12-22(18-32)35-15-2-1-6-21-10-8-19-5-3-13-30-27(19)31-21/h8-11,17,22,25-26H,1-7,12-16,18H2,(H,30,31)(H,33,34)/t22-,25?,26-/m1/s1. The molecule has 3 aliphatic heterocycles. The number of carboxylic acid groups (broad SMARTS) is 1. The van der Waals surface area contributed by atoms with Crippen molar-refractivity contribution in [2.24, 2.45) is 0 Å². The quantitative estimate of drug-likeness (QED) is 0.462. The summed E-state index contributed by atoms with van der Waals surface area (Å²) in [6, 6.07) is 7.87. The van der Waals surface area contributed by atoms with Crippen molar-refractivity contribution in [2.75, 3.05) is 38.2 Å². The van der Waals surface area contributed by atoms with Crippen LogP contribution in [0.3, 0.4) is 0 Å². The summed E-state index contributed by atoms with van der Waals surface area (Å²) in [7, 11) is 0. The fourth-order valence-electron chi connectivity index (χ4n) is 5.68. The molecule has 36 heavy (non-hydrogen) atoms. The lowest BCUT2D eigenvalue weighted by Crippen LogP contribution is -2.34. The van der Waals surface area contributed by atoms with Gasteiger partial charge in [0, 0.05) is 38.5 Å². The molecule has 1 aromatic heterocycles. The van der Waals surface area contributed by atoms with Crippen molar-refractivity contribution in [1.82, 2.24) is 9.88 Å². The van der Waals surface area contributed by atoms with E-state index in [1.807, 2.05) is 4.90 Å². The van der Waals surface area contributed by atoms with E-state index in [-0.39, 0.29) is 12.2 Å². The van der Waals surface area contributed by atoms with Crippen LogP contribution in [0.25, 0.3) is 0 Å². The molecule has 1 unspecified atom stereocenters. The first kappa shape index (κ1) is 25.1. The van der Waals surface area contributed by atoms with Gasteiger partial charge in [-0.2, -0.15) is 0 Å². The largest absolute Gasteiger partial charge is 0.480 e. The van der Waals surface area contributed by atoms with Gasteiger partial charge in [0.25, 0.3) is 0 Å². The summed E-state index contributed by atoms with van der Waals surface area (Å²) in [5, 5.41) is 13.5. The number of rotatable bonds is 10. The van der Waals surface area contributed by atoms with Crippen LogP contribution in [0, 0.1) is 5.82 Å². The number of aryl methyl sites for hydroxylation is 2. The minimum Gasteiger partial charge on any atom is -0.480 e. The summed E-state index contributed by atoms with van der Waals surface area (Å²) < 4.78 is 26.1. The Morgan fingerprint density at radius 2 is 2.17 bits per heavy atom. The lowest BCUT2D eigenvalue weighted by atomic mass is 9.94. The molecule has 0 radical (unpaired) electrons. The number of aromatic nitrogens is 1. The van der Waals surface area contributed by atoms with E-state index in [2.05, 4.69) is 17.4 Å². The van der Waals surface area contributed by atoms with Gasteiger partial charge in [-0.25, -0.2) is 9.37 Å². The lowest BCUT2D eigenvalue weighted by molar-refractivity contribution is -0.143. The molecule has 1 aromatic carbocycles. The fraction of sp³-hybridized carbons (Fsp3) is 0.571. The molecular weight excluding hydrogens is 461 g/mol.